The Kier molecular flexibility index (Phi) is 3.98. The predicted molar refractivity (Wildman–Crippen MR) is 59.7 cm³/mol. The van der Waals surface area contributed by atoms with E-state index in [0.29, 0.717) is 10.8 Å². The first-order valence-corrected chi connectivity index (χ1v) is 4.76. The zero-order chi connectivity index (χ0) is 10.6. The number of rotatable bonds is 4. The molecular weight excluding hydrogens is 198 g/mol. The van der Waals surface area contributed by atoms with Crippen molar-refractivity contribution in [3.63, 3.8) is 0 Å². The highest BCUT2D eigenvalue weighted by molar-refractivity contribution is 6.32. The minimum absolute atomic E-state index is 0.0455. The van der Waals surface area contributed by atoms with Crippen molar-refractivity contribution in [2.45, 2.75) is 12.5 Å². The maximum absolute atomic E-state index is 5.97. The second-order valence-electron chi connectivity index (χ2n) is 3.02. The molecule has 0 aliphatic heterocycles. The Bertz CT molecular complexity index is 325. The van der Waals surface area contributed by atoms with Crippen LogP contribution < -0.4 is 10.5 Å². The molecule has 1 aromatic rings. The van der Waals surface area contributed by atoms with Gasteiger partial charge in [-0.2, -0.15) is 0 Å². The fraction of sp³-hybridized carbons (Fsp3) is 0.273. The third-order valence-corrected chi connectivity index (χ3v) is 2.32. The molecule has 0 aromatic heterocycles. The van der Waals surface area contributed by atoms with Gasteiger partial charge >= 0.3 is 0 Å². The molecule has 0 heterocycles. The average Bonchev–Trinajstić information content (AvgIpc) is 2.18. The van der Waals surface area contributed by atoms with Crippen molar-refractivity contribution in [2.24, 2.45) is 5.73 Å². The van der Waals surface area contributed by atoms with E-state index in [1.165, 1.54) is 0 Å². The second-order valence-corrected chi connectivity index (χ2v) is 3.43. The molecule has 1 rings (SSSR count). The van der Waals surface area contributed by atoms with Gasteiger partial charge in [-0.1, -0.05) is 23.7 Å². The van der Waals surface area contributed by atoms with Gasteiger partial charge in [-0.3, -0.25) is 0 Å². The third kappa shape index (κ3) is 2.50. The molecule has 0 saturated heterocycles. The topological polar surface area (TPSA) is 35.2 Å². The summed E-state index contributed by atoms with van der Waals surface area (Å²) in [4.78, 5) is 0. The Morgan fingerprint density at radius 1 is 1.64 bits per heavy atom. The fourth-order valence-electron chi connectivity index (χ4n) is 1.23. The van der Waals surface area contributed by atoms with E-state index < -0.39 is 0 Å². The van der Waals surface area contributed by atoms with Crippen molar-refractivity contribution in [1.29, 1.82) is 0 Å². The van der Waals surface area contributed by atoms with E-state index in [4.69, 9.17) is 22.1 Å². The summed E-state index contributed by atoms with van der Waals surface area (Å²) in [5, 5.41) is 0.588. The molecular formula is C11H14ClNO. The van der Waals surface area contributed by atoms with Crippen LogP contribution in [0.5, 0.6) is 5.75 Å². The summed E-state index contributed by atoms with van der Waals surface area (Å²) in [5.41, 5.74) is 6.89. The molecule has 2 nitrogen and oxygen atoms in total. The van der Waals surface area contributed by atoms with E-state index >= 15 is 0 Å². The highest BCUT2D eigenvalue weighted by Crippen LogP contribution is 2.27. The quantitative estimate of drug-likeness (QED) is 0.778. The summed E-state index contributed by atoms with van der Waals surface area (Å²) in [6.45, 7) is 3.64. The lowest BCUT2D eigenvalue weighted by atomic mass is 10.0. The maximum atomic E-state index is 5.97. The minimum atomic E-state index is -0.0455. The van der Waals surface area contributed by atoms with Crippen LogP contribution in [0.15, 0.2) is 30.9 Å². The van der Waals surface area contributed by atoms with Crippen molar-refractivity contribution in [1.82, 2.24) is 0 Å². The van der Waals surface area contributed by atoms with E-state index in [0.717, 1.165) is 12.0 Å². The highest BCUT2D eigenvalue weighted by Gasteiger charge is 2.07. The summed E-state index contributed by atoms with van der Waals surface area (Å²) in [5.74, 6) is 0.668. The molecule has 0 amide bonds. The number of nitrogens with two attached hydrogens (primary N) is 1. The Morgan fingerprint density at radius 3 is 2.86 bits per heavy atom. The number of halogens is 1. The van der Waals surface area contributed by atoms with Gasteiger partial charge in [0.25, 0.3) is 0 Å². The lowest BCUT2D eigenvalue weighted by molar-refractivity contribution is 0.414. The molecule has 0 aliphatic rings. The van der Waals surface area contributed by atoms with Gasteiger partial charge in [0.15, 0.2) is 0 Å². The van der Waals surface area contributed by atoms with Gasteiger partial charge < -0.3 is 10.5 Å². The van der Waals surface area contributed by atoms with Crippen molar-refractivity contribution in [3.05, 3.63) is 41.4 Å². The number of hydrogen-bond acceptors (Lipinski definition) is 2. The smallest absolute Gasteiger partial charge is 0.137 e. The number of hydrogen-bond donors (Lipinski definition) is 1. The molecule has 14 heavy (non-hydrogen) atoms. The monoisotopic (exact) mass is 211 g/mol. The number of ether oxygens (including phenoxy) is 1. The molecule has 0 bridgehead atoms. The standard InChI is InChI=1S/C11H14ClNO/c1-3-4-10(13)8-5-6-11(14-2)9(12)7-8/h3,5-7,10H,1,4,13H2,2H3. The Hall–Kier alpha value is -0.990. The molecule has 0 spiro atoms. The SMILES string of the molecule is C=CCC(N)c1ccc(OC)c(Cl)c1. The summed E-state index contributed by atoms with van der Waals surface area (Å²) in [6, 6.07) is 5.52. The third-order valence-electron chi connectivity index (χ3n) is 2.02. The number of methoxy groups -OCH3 is 1. The van der Waals surface area contributed by atoms with Crippen LogP contribution in [0.1, 0.15) is 18.0 Å². The van der Waals surface area contributed by atoms with Crippen LogP contribution in [0.3, 0.4) is 0 Å². The molecule has 0 fully saturated rings. The van der Waals surface area contributed by atoms with Crippen molar-refractivity contribution in [3.8, 4) is 5.75 Å². The molecule has 1 unspecified atom stereocenters. The Balaban J connectivity index is 2.90. The number of benzene rings is 1. The molecule has 0 radical (unpaired) electrons. The molecule has 2 N–H and O–H groups in total. The van der Waals surface area contributed by atoms with Crippen LogP contribution in [0.25, 0.3) is 0 Å². The van der Waals surface area contributed by atoms with Gasteiger partial charge in [0.1, 0.15) is 5.75 Å². The van der Waals surface area contributed by atoms with Crippen LogP contribution in [0.4, 0.5) is 0 Å². The van der Waals surface area contributed by atoms with Crippen LogP contribution in [-0.2, 0) is 0 Å². The Morgan fingerprint density at radius 2 is 2.36 bits per heavy atom. The normalized spacial score (nSPS) is 12.2. The minimum Gasteiger partial charge on any atom is -0.495 e. The second kappa shape index (κ2) is 5.03. The first kappa shape index (κ1) is 11.1. The van der Waals surface area contributed by atoms with E-state index in [9.17, 15) is 0 Å². The lowest BCUT2D eigenvalue weighted by Gasteiger charge is -2.11. The highest BCUT2D eigenvalue weighted by atomic mass is 35.5. The zero-order valence-corrected chi connectivity index (χ0v) is 8.92. The van der Waals surface area contributed by atoms with Gasteiger partial charge in [-0.25, -0.2) is 0 Å². The van der Waals surface area contributed by atoms with Gasteiger partial charge in [-0.05, 0) is 24.1 Å². The first-order valence-electron chi connectivity index (χ1n) is 4.39. The van der Waals surface area contributed by atoms with E-state index in [1.54, 1.807) is 13.2 Å². The van der Waals surface area contributed by atoms with Crippen LogP contribution in [-0.4, -0.2) is 7.11 Å². The summed E-state index contributed by atoms with van der Waals surface area (Å²) in [6.07, 6.45) is 2.53. The molecule has 0 saturated carbocycles. The predicted octanol–water partition coefficient (Wildman–Crippen LogP) is 2.92. The van der Waals surface area contributed by atoms with Crippen molar-refractivity contribution >= 4 is 11.6 Å². The lowest BCUT2D eigenvalue weighted by Crippen LogP contribution is -2.08. The van der Waals surface area contributed by atoms with Crippen LogP contribution in [0, 0.1) is 0 Å². The fourth-order valence-corrected chi connectivity index (χ4v) is 1.50. The summed E-state index contributed by atoms with van der Waals surface area (Å²) >= 11 is 5.97. The molecule has 76 valence electrons. The van der Waals surface area contributed by atoms with Crippen LogP contribution in [0.2, 0.25) is 5.02 Å². The Labute approximate surface area is 89.3 Å². The van der Waals surface area contributed by atoms with Crippen molar-refractivity contribution in [2.75, 3.05) is 7.11 Å². The maximum Gasteiger partial charge on any atom is 0.137 e. The summed E-state index contributed by atoms with van der Waals surface area (Å²) in [7, 11) is 1.59. The molecule has 0 aliphatic carbocycles. The van der Waals surface area contributed by atoms with Gasteiger partial charge in [0, 0.05) is 6.04 Å². The molecule has 1 aromatic carbocycles. The van der Waals surface area contributed by atoms with E-state index in [1.807, 2.05) is 18.2 Å². The first-order chi connectivity index (χ1) is 6.69. The summed E-state index contributed by atoms with van der Waals surface area (Å²) < 4.78 is 5.05. The van der Waals surface area contributed by atoms with Gasteiger partial charge in [0.2, 0.25) is 0 Å². The van der Waals surface area contributed by atoms with Gasteiger partial charge in [0.05, 0.1) is 12.1 Å². The van der Waals surface area contributed by atoms with E-state index in [-0.39, 0.29) is 6.04 Å². The molecule has 1 atom stereocenters. The van der Waals surface area contributed by atoms with Crippen LogP contribution >= 0.6 is 11.6 Å². The largest absolute Gasteiger partial charge is 0.495 e. The van der Waals surface area contributed by atoms with Crippen molar-refractivity contribution < 1.29 is 4.74 Å². The zero-order valence-electron chi connectivity index (χ0n) is 8.16. The average molecular weight is 212 g/mol. The van der Waals surface area contributed by atoms with Gasteiger partial charge in [-0.15, -0.1) is 6.58 Å². The van der Waals surface area contributed by atoms with E-state index in [2.05, 4.69) is 6.58 Å². The molecule has 3 heteroatoms.